The molecule has 3 rings (SSSR count). The number of aryl methyl sites for hydroxylation is 2. The Kier molecular flexibility index (Phi) is 6.31. The number of rotatable bonds is 5. The van der Waals surface area contributed by atoms with Crippen molar-refractivity contribution >= 4 is 29.2 Å². The molecule has 0 aromatic heterocycles. The van der Waals surface area contributed by atoms with E-state index in [0.29, 0.717) is 22.3 Å². The Hall–Kier alpha value is -3.39. The van der Waals surface area contributed by atoms with E-state index in [2.05, 4.69) is 4.99 Å². The van der Waals surface area contributed by atoms with E-state index in [9.17, 15) is 23.3 Å². The van der Waals surface area contributed by atoms with Crippen molar-refractivity contribution in [3.05, 3.63) is 92.0 Å². The second-order valence-electron chi connectivity index (χ2n) is 6.77. The summed E-state index contributed by atoms with van der Waals surface area (Å²) in [4.78, 5) is 14.8. The van der Waals surface area contributed by atoms with Crippen LogP contribution < -0.4 is 4.74 Å². The zero-order chi connectivity index (χ0) is 22.8. The molecule has 0 amide bonds. The van der Waals surface area contributed by atoms with Crippen molar-refractivity contribution in [2.75, 3.05) is 0 Å². The minimum Gasteiger partial charge on any atom is -0.449 e. The molecule has 0 fully saturated rings. The summed E-state index contributed by atoms with van der Waals surface area (Å²) in [7, 11) is 0. The van der Waals surface area contributed by atoms with Gasteiger partial charge in [0.15, 0.2) is 0 Å². The maximum atomic E-state index is 12.9. The summed E-state index contributed by atoms with van der Waals surface area (Å²) in [5.41, 5.74) is 1.19. The van der Waals surface area contributed by atoms with Crippen LogP contribution in [0.15, 0.2) is 59.6 Å². The summed E-state index contributed by atoms with van der Waals surface area (Å²) in [6.45, 7) is 3.86. The van der Waals surface area contributed by atoms with Crippen LogP contribution in [0.1, 0.15) is 22.3 Å². The van der Waals surface area contributed by atoms with Gasteiger partial charge in [-0.15, -0.1) is 0 Å². The fourth-order valence-electron chi connectivity index (χ4n) is 2.84. The molecule has 0 aliphatic rings. The van der Waals surface area contributed by atoms with Gasteiger partial charge < -0.3 is 4.74 Å². The molecule has 9 heteroatoms. The molecular formula is C22H16ClF3N2O3. The molecule has 3 aromatic carbocycles. The molecule has 5 nitrogen and oxygen atoms in total. The maximum absolute atomic E-state index is 12.9. The Morgan fingerprint density at radius 2 is 1.74 bits per heavy atom. The van der Waals surface area contributed by atoms with Gasteiger partial charge >= 0.3 is 11.9 Å². The topological polar surface area (TPSA) is 64.7 Å². The summed E-state index contributed by atoms with van der Waals surface area (Å²) >= 11 is 6.06. The monoisotopic (exact) mass is 448 g/mol. The molecule has 0 bridgehead atoms. The van der Waals surface area contributed by atoms with Gasteiger partial charge in [-0.1, -0.05) is 29.3 Å². The lowest BCUT2D eigenvalue weighted by atomic mass is 10.1. The second kappa shape index (κ2) is 8.77. The van der Waals surface area contributed by atoms with Crippen LogP contribution in [0.5, 0.6) is 11.5 Å². The van der Waals surface area contributed by atoms with Crippen molar-refractivity contribution in [1.82, 2.24) is 0 Å². The van der Waals surface area contributed by atoms with E-state index >= 15 is 0 Å². The zero-order valence-electron chi connectivity index (χ0n) is 16.4. The first-order valence-electron chi connectivity index (χ1n) is 8.99. The molecule has 3 aromatic rings. The van der Waals surface area contributed by atoms with Crippen LogP contribution in [0, 0.1) is 24.0 Å². The first kappa shape index (κ1) is 22.3. The van der Waals surface area contributed by atoms with E-state index in [-0.39, 0.29) is 11.5 Å². The third kappa shape index (κ3) is 5.40. The molecule has 0 radical (unpaired) electrons. The Labute approximate surface area is 180 Å². The van der Waals surface area contributed by atoms with Crippen LogP contribution in [0.2, 0.25) is 5.02 Å². The molecule has 0 N–H and O–H groups in total. The van der Waals surface area contributed by atoms with E-state index < -0.39 is 22.4 Å². The van der Waals surface area contributed by atoms with Crippen molar-refractivity contribution in [2.24, 2.45) is 4.99 Å². The Morgan fingerprint density at radius 3 is 2.39 bits per heavy atom. The fraction of sp³-hybridized carbons (Fsp3) is 0.136. The van der Waals surface area contributed by atoms with Crippen molar-refractivity contribution in [1.29, 1.82) is 0 Å². The number of nitro groups is 1. The maximum Gasteiger partial charge on any atom is 0.416 e. The third-order valence-electron chi connectivity index (χ3n) is 4.37. The van der Waals surface area contributed by atoms with E-state index in [0.717, 1.165) is 23.3 Å². The summed E-state index contributed by atoms with van der Waals surface area (Å²) in [6.07, 6.45) is -3.23. The molecule has 0 aliphatic carbocycles. The average molecular weight is 449 g/mol. The second-order valence-corrected chi connectivity index (χ2v) is 7.21. The number of halogens is 4. The number of ether oxygens (including phenoxy) is 1. The first-order chi connectivity index (χ1) is 14.5. The van der Waals surface area contributed by atoms with Crippen LogP contribution >= 0.6 is 11.6 Å². The Bertz CT molecular complexity index is 1180. The van der Waals surface area contributed by atoms with Gasteiger partial charge in [-0.2, -0.15) is 13.2 Å². The SMILES string of the molecule is Cc1ccc(N=Cc2cc(Cl)ccc2Oc2ccc(C(F)(F)F)cc2[N+](=O)[O-])c(C)c1. The Balaban J connectivity index is 1.99. The number of nitro benzene ring substituents is 1. The van der Waals surface area contributed by atoms with Gasteiger partial charge in [0.05, 0.1) is 16.2 Å². The van der Waals surface area contributed by atoms with Crippen LogP contribution in [0.4, 0.5) is 24.5 Å². The molecule has 0 heterocycles. The fourth-order valence-corrected chi connectivity index (χ4v) is 3.02. The lowest BCUT2D eigenvalue weighted by Gasteiger charge is -2.12. The molecule has 0 saturated heterocycles. The normalized spacial score (nSPS) is 11.7. The van der Waals surface area contributed by atoms with Crippen LogP contribution in [0.3, 0.4) is 0 Å². The first-order valence-corrected chi connectivity index (χ1v) is 9.37. The number of benzene rings is 3. The summed E-state index contributed by atoms with van der Waals surface area (Å²) in [5.74, 6) is -0.178. The largest absolute Gasteiger partial charge is 0.449 e. The standard InChI is InChI=1S/C22H16ClF3N2O3/c1-13-3-6-18(14(2)9-13)27-12-15-10-17(23)5-8-20(15)31-21-7-4-16(22(24,25)26)11-19(21)28(29)30/h3-12H,1-2H3. The number of nitrogens with zero attached hydrogens (tertiary/aromatic N) is 2. The molecule has 0 saturated carbocycles. The van der Waals surface area contributed by atoms with Gasteiger partial charge in [0, 0.05) is 22.9 Å². The quantitative estimate of drug-likeness (QED) is 0.231. The van der Waals surface area contributed by atoms with Crippen molar-refractivity contribution in [3.63, 3.8) is 0 Å². The van der Waals surface area contributed by atoms with Crippen LogP contribution in [-0.2, 0) is 6.18 Å². The average Bonchev–Trinajstić information content (AvgIpc) is 2.68. The number of hydrogen-bond donors (Lipinski definition) is 0. The highest BCUT2D eigenvalue weighted by molar-refractivity contribution is 6.30. The minimum absolute atomic E-state index is 0.153. The molecule has 0 aliphatic heterocycles. The van der Waals surface area contributed by atoms with E-state index in [4.69, 9.17) is 16.3 Å². The van der Waals surface area contributed by atoms with Gasteiger partial charge in [-0.05, 0) is 55.8 Å². The molecule has 0 unspecified atom stereocenters. The van der Waals surface area contributed by atoms with Crippen LogP contribution in [0.25, 0.3) is 0 Å². The van der Waals surface area contributed by atoms with E-state index in [1.807, 2.05) is 32.0 Å². The van der Waals surface area contributed by atoms with Gasteiger partial charge in [0.1, 0.15) is 5.75 Å². The van der Waals surface area contributed by atoms with Gasteiger partial charge in [-0.25, -0.2) is 0 Å². The highest BCUT2D eigenvalue weighted by atomic mass is 35.5. The number of alkyl halides is 3. The lowest BCUT2D eigenvalue weighted by molar-refractivity contribution is -0.385. The summed E-state index contributed by atoms with van der Waals surface area (Å²) in [5, 5.41) is 11.7. The van der Waals surface area contributed by atoms with Crippen molar-refractivity contribution in [2.45, 2.75) is 20.0 Å². The number of aliphatic imine (C=N–C) groups is 1. The van der Waals surface area contributed by atoms with Crippen LogP contribution in [-0.4, -0.2) is 11.1 Å². The smallest absolute Gasteiger partial charge is 0.416 e. The zero-order valence-corrected chi connectivity index (χ0v) is 17.2. The molecule has 31 heavy (non-hydrogen) atoms. The minimum atomic E-state index is -4.72. The molecule has 0 spiro atoms. The summed E-state index contributed by atoms with van der Waals surface area (Å²) in [6, 6.07) is 12.3. The Morgan fingerprint density at radius 1 is 1.03 bits per heavy atom. The van der Waals surface area contributed by atoms with Crippen molar-refractivity contribution in [3.8, 4) is 11.5 Å². The summed E-state index contributed by atoms with van der Waals surface area (Å²) < 4.78 is 44.4. The number of hydrogen-bond acceptors (Lipinski definition) is 4. The highest BCUT2D eigenvalue weighted by Crippen LogP contribution is 2.38. The van der Waals surface area contributed by atoms with E-state index in [1.54, 1.807) is 6.07 Å². The molecule has 160 valence electrons. The van der Waals surface area contributed by atoms with E-state index in [1.165, 1.54) is 18.3 Å². The lowest BCUT2D eigenvalue weighted by Crippen LogP contribution is -2.06. The van der Waals surface area contributed by atoms with Gasteiger partial charge in [0.25, 0.3) is 0 Å². The van der Waals surface area contributed by atoms with Gasteiger partial charge in [-0.3, -0.25) is 15.1 Å². The van der Waals surface area contributed by atoms with Crippen molar-refractivity contribution < 1.29 is 22.8 Å². The highest BCUT2D eigenvalue weighted by Gasteiger charge is 2.33. The predicted molar refractivity (Wildman–Crippen MR) is 113 cm³/mol. The van der Waals surface area contributed by atoms with Gasteiger partial charge in [0.2, 0.25) is 5.75 Å². The molecule has 0 atom stereocenters. The predicted octanol–water partition coefficient (Wildman–Crippen LogP) is 7.43. The third-order valence-corrected chi connectivity index (χ3v) is 4.60. The molecular weight excluding hydrogens is 433 g/mol.